The Hall–Kier alpha value is -2.30. The zero-order chi connectivity index (χ0) is 12.5. The van der Waals surface area contributed by atoms with Crippen LogP contribution >= 0.6 is 0 Å². The number of nitrogens with zero attached hydrogens (tertiary/aromatic N) is 2. The third-order valence-electron chi connectivity index (χ3n) is 3.09. The fourth-order valence-corrected chi connectivity index (χ4v) is 2.27. The van der Waals surface area contributed by atoms with E-state index in [0.29, 0.717) is 11.3 Å². The number of aryl methyl sites for hydroxylation is 1. The van der Waals surface area contributed by atoms with Crippen LogP contribution in [0.2, 0.25) is 0 Å². The van der Waals surface area contributed by atoms with E-state index in [-0.39, 0.29) is 0 Å². The van der Waals surface area contributed by atoms with E-state index in [1.807, 2.05) is 35.0 Å². The molecule has 0 atom stereocenters. The van der Waals surface area contributed by atoms with Crippen molar-refractivity contribution in [1.82, 2.24) is 9.78 Å². The molecule has 1 aliphatic rings. The molecule has 0 saturated heterocycles. The minimum atomic E-state index is -0.440. The molecule has 1 aromatic carbocycles. The van der Waals surface area contributed by atoms with Crippen LogP contribution in [-0.4, -0.2) is 22.2 Å². The summed E-state index contributed by atoms with van der Waals surface area (Å²) in [6.07, 6.45) is 1.00. The van der Waals surface area contributed by atoms with E-state index in [2.05, 4.69) is 10.4 Å². The van der Waals surface area contributed by atoms with Gasteiger partial charge in [0.25, 0.3) is 5.91 Å². The minimum absolute atomic E-state index is 0.440. The summed E-state index contributed by atoms with van der Waals surface area (Å²) < 4.78 is 1.83. The topological polar surface area (TPSA) is 72.9 Å². The first-order valence-corrected chi connectivity index (χ1v) is 5.97. The van der Waals surface area contributed by atoms with E-state index in [9.17, 15) is 4.79 Å². The van der Waals surface area contributed by atoms with Crippen LogP contribution in [0.1, 0.15) is 16.8 Å². The smallest absolute Gasteiger partial charge is 0.254 e. The Kier molecular flexibility index (Phi) is 2.51. The van der Waals surface area contributed by atoms with Crippen molar-refractivity contribution in [2.75, 3.05) is 11.9 Å². The van der Waals surface area contributed by atoms with Gasteiger partial charge >= 0.3 is 0 Å². The summed E-state index contributed by atoms with van der Waals surface area (Å²) in [5, 5.41) is 7.70. The fraction of sp³-hybridized carbons (Fsp3) is 0.231. The molecule has 3 rings (SSSR count). The number of hydrogen-bond acceptors (Lipinski definition) is 3. The first-order valence-electron chi connectivity index (χ1n) is 5.97. The van der Waals surface area contributed by atoms with Gasteiger partial charge in [0, 0.05) is 18.7 Å². The van der Waals surface area contributed by atoms with Crippen molar-refractivity contribution in [2.24, 2.45) is 5.73 Å². The molecule has 5 nitrogen and oxygen atoms in total. The van der Waals surface area contributed by atoms with Gasteiger partial charge in [-0.15, -0.1) is 0 Å². The van der Waals surface area contributed by atoms with E-state index >= 15 is 0 Å². The van der Waals surface area contributed by atoms with Crippen LogP contribution in [0.25, 0.3) is 11.3 Å². The summed E-state index contributed by atoms with van der Waals surface area (Å²) in [4.78, 5) is 11.7. The molecule has 0 unspecified atom stereocenters. The Morgan fingerprint density at radius 2 is 2.11 bits per heavy atom. The Morgan fingerprint density at radius 1 is 1.33 bits per heavy atom. The lowest BCUT2D eigenvalue weighted by molar-refractivity contribution is 0.100. The predicted octanol–water partition coefficient (Wildman–Crippen LogP) is 1.46. The molecule has 2 heterocycles. The third-order valence-corrected chi connectivity index (χ3v) is 3.09. The average Bonchev–Trinajstić information content (AvgIpc) is 2.79. The van der Waals surface area contributed by atoms with Crippen molar-refractivity contribution in [3.8, 4) is 11.3 Å². The van der Waals surface area contributed by atoms with Crippen molar-refractivity contribution >= 4 is 11.7 Å². The summed E-state index contributed by atoms with van der Waals surface area (Å²) in [7, 11) is 0. The molecular weight excluding hydrogens is 228 g/mol. The first kappa shape index (κ1) is 10.8. The SMILES string of the molecule is NC(=O)c1c(-c2ccccc2)nn2c1NCCC2. The van der Waals surface area contributed by atoms with Gasteiger partial charge in [0.2, 0.25) is 0 Å². The van der Waals surface area contributed by atoms with Crippen LogP contribution in [0.5, 0.6) is 0 Å². The van der Waals surface area contributed by atoms with Crippen LogP contribution in [0.3, 0.4) is 0 Å². The standard InChI is InChI=1S/C13H14N4O/c14-12(18)10-11(9-5-2-1-3-6-9)16-17-8-4-7-15-13(10)17/h1-3,5-6,15H,4,7-8H2,(H2,14,18). The minimum Gasteiger partial charge on any atom is -0.370 e. The van der Waals surface area contributed by atoms with Crippen molar-refractivity contribution in [3.63, 3.8) is 0 Å². The zero-order valence-corrected chi connectivity index (χ0v) is 9.89. The number of primary amides is 1. The fourth-order valence-electron chi connectivity index (χ4n) is 2.27. The van der Waals surface area contributed by atoms with Gasteiger partial charge < -0.3 is 11.1 Å². The van der Waals surface area contributed by atoms with Crippen molar-refractivity contribution < 1.29 is 4.79 Å². The first-order chi connectivity index (χ1) is 8.77. The highest BCUT2D eigenvalue weighted by Gasteiger charge is 2.24. The van der Waals surface area contributed by atoms with Gasteiger partial charge in [-0.25, -0.2) is 4.68 Å². The van der Waals surface area contributed by atoms with Gasteiger partial charge in [-0.3, -0.25) is 4.79 Å². The molecule has 92 valence electrons. The van der Waals surface area contributed by atoms with Crippen LogP contribution in [0.4, 0.5) is 5.82 Å². The molecule has 1 aromatic heterocycles. The van der Waals surface area contributed by atoms with E-state index in [1.165, 1.54) is 0 Å². The maximum absolute atomic E-state index is 11.7. The Balaban J connectivity index is 2.20. The molecule has 0 fully saturated rings. The molecular formula is C13H14N4O. The molecule has 0 bridgehead atoms. The van der Waals surface area contributed by atoms with Gasteiger partial charge in [0.05, 0.1) is 0 Å². The number of amides is 1. The number of hydrogen-bond donors (Lipinski definition) is 2. The van der Waals surface area contributed by atoms with Gasteiger partial charge in [-0.05, 0) is 6.42 Å². The van der Waals surface area contributed by atoms with Crippen LogP contribution in [-0.2, 0) is 6.54 Å². The Bertz CT molecular complexity index is 589. The molecule has 18 heavy (non-hydrogen) atoms. The summed E-state index contributed by atoms with van der Waals surface area (Å²) >= 11 is 0. The predicted molar refractivity (Wildman–Crippen MR) is 69.3 cm³/mol. The van der Waals surface area contributed by atoms with Crippen molar-refractivity contribution in [1.29, 1.82) is 0 Å². The largest absolute Gasteiger partial charge is 0.370 e. The number of aromatic nitrogens is 2. The van der Waals surface area contributed by atoms with E-state index in [0.717, 1.165) is 30.9 Å². The van der Waals surface area contributed by atoms with Crippen molar-refractivity contribution in [2.45, 2.75) is 13.0 Å². The molecule has 0 spiro atoms. The van der Waals surface area contributed by atoms with Crippen LogP contribution < -0.4 is 11.1 Å². The second kappa shape index (κ2) is 4.18. The molecule has 0 saturated carbocycles. The quantitative estimate of drug-likeness (QED) is 0.837. The molecule has 0 radical (unpaired) electrons. The lowest BCUT2D eigenvalue weighted by Crippen LogP contribution is -2.21. The summed E-state index contributed by atoms with van der Waals surface area (Å²) in [6, 6.07) is 9.64. The number of carbonyl (C=O) groups is 1. The lowest BCUT2D eigenvalue weighted by atomic mass is 10.1. The number of nitrogens with two attached hydrogens (primary N) is 1. The van der Waals surface area contributed by atoms with Gasteiger partial charge in [-0.1, -0.05) is 30.3 Å². The molecule has 1 aliphatic heterocycles. The van der Waals surface area contributed by atoms with E-state index in [4.69, 9.17) is 5.73 Å². The van der Waals surface area contributed by atoms with E-state index < -0.39 is 5.91 Å². The Labute approximate surface area is 105 Å². The van der Waals surface area contributed by atoms with Crippen molar-refractivity contribution in [3.05, 3.63) is 35.9 Å². The highest BCUT2D eigenvalue weighted by atomic mass is 16.1. The molecule has 2 aromatic rings. The molecule has 1 amide bonds. The highest BCUT2D eigenvalue weighted by Crippen LogP contribution is 2.30. The van der Waals surface area contributed by atoms with E-state index in [1.54, 1.807) is 0 Å². The summed E-state index contributed by atoms with van der Waals surface area (Å²) in [5.74, 6) is 0.303. The van der Waals surface area contributed by atoms with Crippen LogP contribution in [0, 0.1) is 0 Å². The maximum atomic E-state index is 11.7. The third kappa shape index (κ3) is 1.64. The molecule has 5 heteroatoms. The van der Waals surface area contributed by atoms with Gasteiger partial charge in [0.1, 0.15) is 17.1 Å². The summed E-state index contributed by atoms with van der Waals surface area (Å²) in [6.45, 7) is 1.66. The number of anilines is 1. The van der Waals surface area contributed by atoms with Gasteiger partial charge in [-0.2, -0.15) is 5.10 Å². The molecule has 3 N–H and O–H groups in total. The monoisotopic (exact) mass is 242 g/mol. The normalized spacial score (nSPS) is 13.8. The number of nitrogens with one attached hydrogen (secondary N) is 1. The van der Waals surface area contributed by atoms with Gasteiger partial charge in [0.15, 0.2) is 0 Å². The Morgan fingerprint density at radius 3 is 2.83 bits per heavy atom. The number of fused-ring (bicyclic) bond motifs is 1. The number of benzene rings is 1. The average molecular weight is 242 g/mol. The second-order valence-electron chi connectivity index (χ2n) is 4.31. The van der Waals surface area contributed by atoms with Crippen LogP contribution in [0.15, 0.2) is 30.3 Å². The second-order valence-corrected chi connectivity index (χ2v) is 4.31. The molecule has 0 aliphatic carbocycles. The highest BCUT2D eigenvalue weighted by molar-refractivity contribution is 6.03. The number of carbonyl (C=O) groups excluding carboxylic acids is 1. The number of rotatable bonds is 2. The lowest BCUT2D eigenvalue weighted by Gasteiger charge is -2.15. The maximum Gasteiger partial charge on any atom is 0.254 e. The zero-order valence-electron chi connectivity index (χ0n) is 9.89. The summed E-state index contributed by atoms with van der Waals surface area (Å²) in [5.41, 5.74) is 7.55.